The molecule has 1 aliphatic carbocycles. The van der Waals surface area contributed by atoms with E-state index in [2.05, 4.69) is 10.1 Å². The third-order valence-electron chi connectivity index (χ3n) is 5.48. The van der Waals surface area contributed by atoms with Crippen molar-refractivity contribution in [3.63, 3.8) is 0 Å². The molecular weight excluding hydrogens is 352 g/mol. The Labute approximate surface area is 158 Å². The zero-order valence-electron chi connectivity index (χ0n) is 15.4. The van der Waals surface area contributed by atoms with Gasteiger partial charge in [-0.2, -0.15) is 5.10 Å². The number of hydrogen-bond donors (Lipinski definition) is 0. The van der Waals surface area contributed by atoms with Crippen molar-refractivity contribution >= 4 is 23.5 Å². The summed E-state index contributed by atoms with van der Waals surface area (Å²) in [5, 5.41) is 4.65. The third-order valence-corrected chi connectivity index (χ3v) is 5.75. The number of carbonyl (C=O) groups excluding carboxylic acids is 1. The van der Waals surface area contributed by atoms with E-state index < -0.39 is 0 Å². The lowest BCUT2D eigenvalue weighted by Crippen LogP contribution is -2.48. The molecule has 0 radical (unpaired) electrons. The predicted octanol–water partition coefficient (Wildman–Crippen LogP) is 2.05. The normalized spacial score (nSPS) is 21.9. The number of likely N-dealkylation sites (tertiary alicyclic amines) is 1. The van der Waals surface area contributed by atoms with Gasteiger partial charge in [0, 0.05) is 52.0 Å². The molecule has 8 heteroatoms. The number of carbonyl (C=O) groups is 1. The fraction of sp³-hybridized carbons (Fsp3) is 0.556. The summed E-state index contributed by atoms with van der Waals surface area (Å²) in [6.45, 7) is 1.39. The molecule has 1 saturated heterocycles. The zero-order valence-corrected chi connectivity index (χ0v) is 16.1. The molecule has 2 aliphatic rings. The van der Waals surface area contributed by atoms with E-state index in [9.17, 15) is 4.79 Å². The van der Waals surface area contributed by atoms with E-state index in [-0.39, 0.29) is 11.3 Å². The molecule has 1 amide bonds. The maximum absolute atomic E-state index is 13.0. The van der Waals surface area contributed by atoms with Gasteiger partial charge in [-0.1, -0.05) is 11.6 Å². The highest BCUT2D eigenvalue weighted by Gasteiger charge is 2.45. The molecule has 2 aromatic rings. The maximum atomic E-state index is 13.0. The highest BCUT2D eigenvalue weighted by molar-refractivity contribution is 6.33. The van der Waals surface area contributed by atoms with Gasteiger partial charge in [0.25, 0.3) is 5.91 Å². The summed E-state index contributed by atoms with van der Waals surface area (Å²) in [4.78, 5) is 26.1. The van der Waals surface area contributed by atoms with Crippen LogP contribution in [0.3, 0.4) is 0 Å². The van der Waals surface area contributed by atoms with E-state index in [4.69, 9.17) is 16.6 Å². The van der Waals surface area contributed by atoms with Gasteiger partial charge in [0.2, 0.25) is 5.95 Å². The minimum atomic E-state index is -0.0926. The Balaban J connectivity index is 1.65. The highest BCUT2D eigenvalue weighted by Crippen LogP contribution is 2.44. The van der Waals surface area contributed by atoms with Crippen LogP contribution in [0.5, 0.6) is 0 Å². The average Bonchev–Trinajstić information content (AvgIpc) is 3.14. The number of halogens is 1. The first-order chi connectivity index (χ1) is 12.4. The molecule has 1 spiro atoms. The van der Waals surface area contributed by atoms with Gasteiger partial charge in [0.15, 0.2) is 5.69 Å². The largest absolute Gasteiger partial charge is 0.347 e. The smallest absolute Gasteiger partial charge is 0.275 e. The Morgan fingerprint density at radius 1 is 1.35 bits per heavy atom. The Morgan fingerprint density at radius 3 is 2.85 bits per heavy atom. The standard InChI is InChI=1S/C18H23ClN6O/c1-23(2)17-20-9-12-5-7-18(15(12)21-17)6-4-8-25(11-18)16(26)14-13(19)10-24(3)22-14/h9-10H,4-8,11H2,1-3H3. The summed E-state index contributed by atoms with van der Waals surface area (Å²) in [7, 11) is 5.67. The number of anilines is 1. The molecule has 1 fully saturated rings. The Kier molecular flexibility index (Phi) is 4.14. The minimum Gasteiger partial charge on any atom is -0.347 e. The monoisotopic (exact) mass is 374 g/mol. The van der Waals surface area contributed by atoms with Gasteiger partial charge in [-0.3, -0.25) is 9.48 Å². The summed E-state index contributed by atoms with van der Waals surface area (Å²) in [5.74, 6) is 0.631. The molecule has 1 atom stereocenters. The second-order valence-corrected chi connectivity index (χ2v) is 7.96. The molecular formula is C18H23ClN6O. The predicted molar refractivity (Wildman–Crippen MR) is 99.7 cm³/mol. The average molecular weight is 375 g/mol. The molecule has 3 heterocycles. The third kappa shape index (κ3) is 2.74. The molecule has 0 aromatic carbocycles. The first kappa shape index (κ1) is 17.3. The van der Waals surface area contributed by atoms with Crippen molar-refractivity contribution in [2.45, 2.75) is 31.1 Å². The van der Waals surface area contributed by atoms with E-state index >= 15 is 0 Å². The number of fused-ring (bicyclic) bond motifs is 2. The van der Waals surface area contributed by atoms with Gasteiger partial charge in [-0.15, -0.1) is 0 Å². The number of hydrogen-bond acceptors (Lipinski definition) is 5. The summed E-state index contributed by atoms with van der Waals surface area (Å²) in [6, 6.07) is 0. The van der Waals surface area contributed by atoms with Crippen LogP contribution in [0, 0.1) is 0 Å². The molecule has 2 aromatic heterocycles. The van der Waals surface area contributed by atoms with Gasteiger partial charge in [-0.05, 0) is 31.2 Å². The van der Waals surface area contributed by atoms with E-state index in [1.807, 2.05) is 30.1 Å². The SMILES string of the molecule is CN(C)c1ncc2c(n1)C1(CCCN(C(=O)c3nn(C)cc3Cl)C1)CC2. The van der Waals surface area contributed by atoms with Crippen molar-refractivity contribution in [1.82, 2.24) is 24.6 Å². The zero-order chi connectivity index (χ0) is 18.5. The van der Waals surface area contributed by atoms with Crippen LogP contribution in [0.2, 0.25) is 5.02 Å². The molecule has 26 heavy (non-hydrogen) atoms. The van der Waals surface area contributed by atoms with E-state index in [0.29, 0.717) is 17.3 Å². The van der Waals surface area contributed by atoms with Crippen LogP contribution >= 0.6 is 11.6 Å². The number of piperidine rings is 1. The van der Waals surface area contributed by atoms with Gasteiger partial charge in [0.1, 0.15) is 0 Å². The lowest BCUT2D eigenvalue weighted by Gasteiger charge is -2.40. The molecule has 138 valence electrons. The van der Waals surface area contributed by atoms with Crippen LogP contribution in [0.25, 0.3) is 0 Å². The van der Waals surface area contributed by atoms with Crippen LogP contribution in [0.4, 0.5) is 5.95 Å². The fourth-order valence-corrected chi connectivity index (χ4v) is 4.46. The highest BCUT2D eigenvalue weighted by atomic mass is 35.5. The lowest BCUT2D eigenvalue weighted by molar-refractivity contribution is 0.0627. The van der Waals surface area contributed by atoms with Crippen molar-refractivity contribution in [3.8, 4) is 0 Å². The summed E-state index contributed by atoms with van der Waals surface area (Å²) in [6.07, 6.45) is 7.59. The van der Waals surface area contributed by atoms with E-state index in [1.165, 1.54) is 5.56 Å². The maximum Gasteiger partial charge on any atom is 0.275 e. The first-order valence-corrected chi connectivity index (χ1v) is 9.29. The van der Waals surface area contributed by atoms with Crippen LogP contribution in [0.1, 0.15) is 41.0 Å². The molecule has 0 N–H and O–H groups in total. The van der Waals surface area contributed by atoms with Crippen molar-refractivity contribution in [2.24, 2.45) is 7.05 Å². The topological polar surface area (TPSA) is 67.2 Å². The number of amides is 1. The van der Waals surface area contributed by atoms with Crippen molar-refractivity contribution in [2.75, 3.05) is 32.1 Å². The second-order valence-electron chi connectivity index (χ2n) is 7.55. The molecule has 0 bridgehead atoms. The summed E-state index contributed by atoms with van der Waals surface area (Å²) >= 11 is 6.19. The Morgan fingerprint density at radius 2 is 2.15 bits per heavy atom. The molecule has 0 saturated carbocycles. The minimum absolute atomic E-state index is 0.0851. The van der Waals surface area contributed by atoms with Crippen LogP contribution < -0.4 is 4.90 Å². The summed E-state index contributed by atoms with van der Waals surface area (Å²) < 4.78 is 1.58. The van der Waals surface area contributed by atoms with Crippen LogP contribution in [0.15, 0.2) is 12.4 Å². The number of aryl methyl sites for hydroxylation is 2. The number of nitrogens with zero attached hydrogens (tertiary/aromatic N) is 6. The van der Waals surface area contributed by atoms with Crippen LogP contribution in [-0.2, 0) is 18.9 Å². The molecule has 1 aliphatic heterocycles. The van der Waals surface area contributed by atoms with Crippen LogP contribution in [-0.4, -0.2) is 57.7 Å². The molecule has 1 unspecified atom stereocenters. The number of aromatic nitrogens is 4. The number of rotatable bonds is 2. The molecule has 7 nitrogen and oxygen atoms in total. The Hall–Kier alpha value is -2.15. The lowest BCUT2D eigenvalue weighted by atomic mass is 9.77. The van der Waals surface area contributed by atoms with Gasteiger partial charge >= 0.3 is 0 Å². The van der Waals surface area contributed by atoms with Gasteiger partial charge < -0.3 is 9.80 Å². The summed E-state index contributed by atoms with van der Waals surface area (Å²) in [5.41, 5.74) is 2.57. The van der Waals surface area contributed by atoms with Crippen molar-refractivity contribution in [3.05, 3.63) is 34.4 Å². The van der Waals surface area contributed by atoms with Crippen molar-refractivity contribution in [1.29, 1.82) is 0 Å². The molecule has 4 rings (SSSR count). The van der Waals surface area contributed by atoms with Gasteiger partial charge in [-0.25, -0.2) is 9.97 Å². The van der Waals surface area contributed by atoms with E-state index in [1.54, 1.807) is 17.9 Å². The quantitative estimate of drug-likeness (QED) is 0.804. The van der Waals surface area contributed by atoms with E-state index in [0.717, 1.165) is 43.9 Å². The first-order valence-electron chi connectivity index (χ1n) is 8.92. The van der Waals surface area contributed by atoms with Crippen molar-refractivity contribution < 1.29 is 4.79 Å². The van der Waals surface area contributed by atoms with Gasteiger partial charge in [0.05, 0.1) is 10.7 Å². The second kappa shape index (κ2) is 6.23. The Bertz CT molecular complexity index is 859. The fourth-order valence-electron chi connectivity index (χ4n) is 4.20.